The minimum atomic E-state index is -1.39. The van der Waals surface area contributed by atoms with Crippen molar-refractivity contribution < 1.29 is 93.0 Å². The average Bonchev–Trinajstić information content (AvgIpc) is 3.07. The summed E-state index contributed by atoms with van der Waals surface area (Å²) in [6, 6.07) is 0. The fourth-order valence-corrected chi connectivity index (χ4v) is 5.72. The van der Waals surface area contributed by atoms with Crippen LogP contribution in [-0.4, -0.2) is 217 Å². The van der Waals surface area contributed by atoms with E-state index in [-0.39, 0.29) is 66.1 Å². The van der Waals surface area contributed by atoms with Crippen LogP contribution >= 0.6 is 0 Å². The molecule has 328 valence electrons. The number of hydrogen-bond acceptors (Lipinski definition) is 19. The van der Waals surface area contributed by atoms with Crippen LogP contribution in [0.5, 0.6) is 0 Å². The Morgan fingerprint density at radius 2 is 0.636 bits per heavy atom. The predicted molar refractivity (Wildman–Crippen MR) is 192 cm³/mol. The Balaban J connectivity index is 2.73. The maximum absolute atomic E-state index is 10.3. The van der Waals surface area contributed by atoms with Crippen LogP contribution in [0.15, 0.2) is 0 Å². The smallest absolute Gasteiger partial charge is 0.187 e. The molecule has 2 fully saturated rings. The highest BCUT2D eigenvalue weighted by Gasteiger charge is 2.55. The van der Waals surface area contributed by atoms with Gasteiger partial charge >= 0.3 is 0 Å². The summed E-state index contributed by atoms with van der Waals surface area (Å²) in [4.78, 5) is 0. The van der Waals surface area contributed by atoms with E-state index in [0.717, 1.165) is 0 Å². The van der Waals surface area contributed by atoms with Gasteiger partial charge in [0, 0.05) is 0 Å². The van der Waals surface area contributed by atoms with E-state index in [9.17, 15) is 40.9 Å². The topological polar surface area (TPSA) is 263 Å². The molecular weight excluding hydrogens is 736 g/mol. The first kappa shape index (κ1) is 50.4. The SMILES string of the molecule is C[C@H](O)COC[C@H]1O[C@@H](O[C@H]2[C@H](OC[C@H](C)O)[C@@H](OC[C@H](C)O)[C@H](OC[C@H](C)O)O[C@@H]2COC[C@H](C)O)[C@H](OC[C@H](C)O)[C@@H](OC[C@@H](C)O)[C@@H]1OC[C@H](C)O. The second-order valence-electron chi connectivity index (χ2n) is 14.9. The minimum Gasteiger partial charge on any atom is -0.391 e. The third-order valence-corrected chi connectivity index (χ3v) is 7.91. The van der Waals surface area contributed by atoms with Crippen LogP contribution in [0.4, 0.5) is 0 Å². The lowest BCUT2D eigenvalue weighted by atomic mass is 9.95. The largest absolute Gasteiger partial charge is 0.391 e. The zero-order chi connectivity index (χ0) is 41.2. The molecule has 2 heterocycles. The summed E-state index contributed by atoms with van der Waals surface area (Å²) in [5.74, 6) is 0. The predicted octanol–water partition coefficient (Wildman–Crippen LogP) is -2.16. The molecule has 8 N–H and O–H groups in total. The Morgan fingerprint density at radius 1 is 0.345 bits per heavy atom. The van der Waals surface area contributed by atoms with Gasteiger partial charge in [0.15, 0.2) is 12.6 Å². The molecule has 0 aromatic rings. The summed E-state index contributed by atoms with van der Waals surface area (Å²) in [7, 11) is 0. The van der Waals surface area contributed by atoms with E-state index in [2.05, 4.69) is 0 Å². The van der Waals surface area contributed by atoms with Crippen LogP contribution in [-0.2, 0) is 52.1 Å². The van der Waals surface area contributed by atoms with Crippen molar-refractivity contribution in [2.24, 2.45) is 0 Å². The molecule has 2 aliphatic rings. The highest BCUT2D eigenvalue weighted by molar-refractivity contribution is 4.98. The van der Waals surface area contributed by atoms with E-state index in [1.165, 1.54) is 41.5 Å². The van der Waals surface area contributed by atoms with Gasteiger partial charge < -0.3 is 93.0 Å². The van der Waals surface area contributed by atoms with Crippen molar-refractivity contribution in [2.75, 3.05) is 66.1 Å². The second kappa shape index (κ2) is 26.4. The highest BCUT2D eigenvalue weighted by atomic mass is 16.8. The molecule has 19 nitrogen and oxygen atoms in total. The van der Waals surface area contributed by atoms with Gasteiger partial charge in [-0.1, -0.05) is 0 Å². The van der Waals surface area contributed by atoms with Gasteiger partial charge in [-0.05, 0) is 55.4 Å². The van der Waals surface area contributed by atoms with Crippen molar-refractivity contribution in [2.45, 2.75) is 166 Å². The summed E-state index contributed by atoms with van der Waals surface area (Å²) >= 11 is 0. The standard InChI is InChI=1S/C36H70O19/c1-19(37)9-45-17-27-29(47-11-21(3)39)31(48-12-22(4)40)34(51-15-25(7)43)36(54-27)55-30-28(18-46-10-20(2)38)53-35(52-16-26(8)44)33(50-14-24(6)42)32(30)49-13-23(5)41/h19-44H,9-18H2,1-8H3/t19-,20-,21-,22+,23-,24-,25-,26-,27+,28+,29+,30+,31-,32-,33+,34+,35+,36-/m0/s1. The quantitative estimate of drug-likeness (QED) is 0.0419. The number of aliphatic hydroxyl groups excluding tert-OH is 8. The van der Waals surface area contributed by atoms with Crippen molar-refractivity contribution >= 4 is 0 Å². The van der Waals surface area contributed by atoms with Crippen LogP contribution in [0.25, 0.3) is 0 Å². The van der Waals surface area contributed by atoms with Gasteiger partial charge in [-0.25, -0.2) is 0 Å². The van der Waals surface area contributed by atoms with Gasteiger partial charge in [-0.3, -0.25) is 0 Å². The van der Waals surface area contributed by atoms with Gasteiger partial charge in [-0.15, -0.1) is 0 Å². The van der Waals surface area contributed by atoms with Crippen molar-refractivity contribution in [3.05, 3.63) is 0 Å². The molecule has 0 radical (unpaired) electrons. The van der Waals surface area contributed by atoms with E-state index in [1.54, 1.807) is 13.8 Å². The summed E-state index contributed by atoms with van der Waals surface area (Å²) < 4.78 is 68.1. The zero-order valence-electron chi connectivity index (χ0n) is 33.5. The van der Waals surface area contributed by atoms with Gasteiger partial charge in [0.1, 0.15) is 48.8 Å². The van der Waals surface area contributed by atoms with Crippen molar-refractivity contribution in [3.8, 4) is 0 Å². The second-order valence-corrected chi connectivity index (χ2v) is 14.9. The maximum Gasteiger partial charge on any atom is 0.187 e. The van der Waals surface area contributed by atoms with Crippen LogP contribution in [0, 0.1) is 0 Å². The van der Waals surface area contributed by atoms with Crippen molar-refractivity contribution in [1.29, 1.82) is 0 Å². The minimum absolute atomic E-state index is 0.0553. The molecule has 2 saturated heterocycles. The molecule has 0 aromatic carbocycles. The van der Waals surface area contributed by atoms with E-state index < -0.39 is 110 Å². The Hall–Kier alpha value is -0.760. The fourth-order valence-electron chi connectivity index (χ4n) is 5.72. The Morgan fingerprint density at radius 3 is 1.04 bits per heavy atom. The molecule has 0 spiro atoms. The fraction of sp³-hybridized carbons (Fsp3) is 1.00. The molecule has 0 bridgehead atoms. The molecule has 0 unspecified atom stereocenters. The number of ether oxygens (including phenoxy) is 11. The van der Waals surface area contributed by atoms with Crippen molar-refractivity contribution in [1.82, 2.24) is 0 Å². The first-order chi connectivity index (χ1) is 25.9. The zero-order valence-corrected chi connectivity index (χ0v) is 33.5. The molecule has 0 amide bonds. The number of hydrogen-bond donors (Lipinski definition) is 8. The van der Waals surface area contributed by atoms with Gasteiger partial charge in [0.25, 0.3) is 0 Å². The van der Waals surface area contributed by atoms with Gasteiger partial charge in [0.05, 0.1) is 115 Å². The van der Waals surface area contributed by atoms with Crippen LogP contribution in [0.3, 0.4) is 0 Å². The Kier molecular flexibility index (Phi) is 24.1. The Labute approximate surface area is 324 Å². The lowest BCUT2D eigenvalue weighted by molar-refractivity contribution is -0.377. The molecule has 0 aliphatic carbocycles. The third-order valence-electron chi connectivity index (χ3n) is 7.91. The number of aliphatic hydroxyl groups is 8. The van der Waals surface area contributed by atoms with Crippen molar-refractivity contribution in [3.63, 3.8) is 0 Å². The number of rotatable bonds is 28. The van der Waals surface area contributed by atoms with E-state index in [4.69, 9.17) is 52.1 Å². The van der Waals surface area contributed by atoms with Gasteiger partial charge in [0.2, 0.25) is 0 Å². The van der Waals surface area contributed by atoms with Crippen LogP contribution in [0.1, 0.15) is 55.4 Å². The normalized spacial score (nSPS) is 33.4. The summed E-state index contributed by atoms with van der Waals surface area (Å²) in [6.07, 6.45) is -18.5. The molecule has 2 aliphatic heterocycles. The molecule has 55 heavy (non-hydrogen) atoms. The average molecular weight is 807 g/mol. The molecule has 2 rings (SSSR count). The lowest BCUT2D eigenvalue weighted by Crippen LogP contribution is -2.67. The highest BCUT2D eigenvalue weighted by Crippen LogP contribution is 2.35. The van der Waals surface area contributed by atoms with Crippen LogP contribution < -0.4 is 0 Å². The third kappa shape index (κ3) is 19.2. The van der Waals surface area contributed by atoms with E-state index in [0.29, 0.717) is 0 Å². The van der Waals surface area contributed by atoms with Gasteiger partial charge in [-0.2, -0.15) is 0 Å². The molecular formula is C36H70O19. The maximum atomic E-state index is 10.3. The summed E-state index contributed by atoms with van der Waals surface area (Å²) in [6.45, 7) is 10.7. The van der Waals surface area contributed by atoms with Crippen LogP contribution in [0.2, 0.25) is 0 Å². The first-order valence-electron chi connectivity index (χ1n) is 19.1. The summed E-state index contributed by atoms with van der Waals surface area (Å²) in [5.41, 5.74) is 0. The first-order valence-corrected chi connectivity index (χ1v) is 19.1. The molecule has 18 atom stereocenters. The molecule has 19 heteroatoms. The van der Waals surface area contributed by atoms with E-state index >= 15 is 0 Å². The Bertz CT molecular complexity index is 969. The molecule has 0 aromatic heterocycles. The molecule has 0 saturated carbocycles. The lowest BCUT2D eigenvalue weighted by Gasteiger charge is -2.50. The van der Waals surface area contributed by atoms with E-state index in [1.807, 2.05) is 0 Å². The monoisotopic (exact) mass is 806 g/mol. The summed E-state index contributed by atoms with van der Waals surface area (Å²) in [5, 5.41) is 81.2.